The van der Waals surface area contributed by atoms with Gasteiger partial charge in [0.1, 0.15) is 0 Å². The highest BCUT2D eigenvalue weighted by Gasteiger charge is 2.42. The minimum atomic E-state index is 0.743. The molecule has 1 aromatic carbocycles. The molecule has 1 nitrogen and oxygen atoms in total. The summed E-state index contributed by atoms with van der Waals surface area (Å²) in [6.45, 7) is 7.48. The highest BCUT2D eigenvalue weighted by atomic mass is 15.2. The summed E-state index contributed by atoms with van der Waals surface area (Å²) in [6.07, 6.45) is 8.49. The molecular formula is C20H31N. The molecule has 0 spiro atoms. The molecule has 21 heavy (non-hydrogen) atoms. The summed E-state index contributed by atoms with van der Waals surface area (Å²) in [5, 5.41) is 0. The highest BCUT2D eigenvalue weighted by molar-refractivity contribution is 5.22. The lowest BCUT2D eigenvalue weighted by atomic mass is 9.70. The van der Waals surface area contributed by atoms with Gasteiger partial charge in [-0.15, -0.1) is 0 Å². The fourth-order valence-electron chi connectivity index (χ4n) is 4.83. The molecule has 4 atom stereocenters. The van der Waals surface area contributed by atoms with Crippen molar-refractivity contribution < 1.29 is 0 Å². The van der Waals surface area contributed by atoms with Crippen molar-refractivity contribution in [2.24, 2.45) is 11.8 Å². The molecule has 1 heteroatoms. The van der Waals surface area contributed by atoms with Crippen LogP contribution in [-0.2, 0) is 0 Å². The van der Waals surface area contributed by atoms with Gasteiger partial charge in [-0.05, 0) is 49.1 Å². The third-order valence-electron chi connectivity index (χ3n) is 6.02. The number of piperidine rings is 1. The lowest BCUT2D eigenvalue weighted by molar-refractivity contribution is 0.0612. The van der Waals surface area contributed by atoms with Crippen LogP contribution in [0.25, 0.3) is 0 Å². The van der Waals surface area contributed by atoms with Crippen LogP contribution in [-0.4, -0.2) is 24.0 Å². The Kier molecular flexibility index (Phi) is 5.00. The zero-order chi connectivity index (χ0) is 14.7. The lowest BCUT2D eigenvalue weighted by Gasteiger charge is -2.46. The molecule has 0 amide bonds. The van der Waals surface area contributed by atoms with Gasteiger partial charge >= 0.3 is 0 Å². The number of rotatable bonds is 5. The van der Waals surface area contributed by atoms with Gasteiger partial charge in [0.25, 0.3) is 0 Å². The van der Waals surface area contributed by atoms with Crippen LogP contribution < -0.4 is 0 Å². The van der Waals surface area contributed by atoms with Gasteiger partial charge in [-0.25, -0.2) is 0 Å². The van der Waals surface area contributed by atoms with Crippen molar-refractivity contribution >= 4 is 0 Å². The molecule has 0 saturated carbocycles. The van der Waals surface area contributed by atoms with Crippen molar-refractivity contribution in [2.75, 3.05) is 13.1 Å². The standard InChI is InChI=1S/C20H31N/c1-3-4-6-12-18-16(2)19(17-10-7-5-8-11-17)15-21-14-9-13-20(18)21/h5,7-8,10-11,16,18-20H,3-4,6,9,12-15H2,1-2H3. The molecule has 2 aliphatic heterocycles. The van der Waals surface area contributed by atoms with Crippen molar-refractivity contribution in [3.05, 3.63) is 35.9 Å². The minimum absolute atomic E-state index is 0.743. The molecule has 2 fully saturated rings. The molecule has 0 N–H and O–H groups in total. The zero-order valence-electron chi connectivity index (χ0n) is 13.8. The summed E-state index contributed by atoms with van der Waals surface area (Å²) >= 11 is 0. The average Bonchev–Trinajstić information content (AvgIpc) is 2.98. The summed E-state index contributed by atoms with van der Waals surface area (Å²) < 4.78 is 0. The van der Waals surface area contributed by atoms with Crippen molar-refractivity contribution in [3.63, 3.8) is 0 Å². The third-order valence-corrected chi connectivity index (χ3v) is 6.02. The fraction of sp³-hybridized carbons (Fsp3) is 0.700. The second-order valence-electron chi connectivity index (χ2n) is 7.24. The summed E-state index contributed by atoms with van der Waals surface area (Å²) in [5.74, 6) is 2.49. The summed E-state index contributed by atoms with van der Waals surface area (Å²) in [7, 11) is 0. The van der Waals surface area contributed by atoms with Crippen LogP contribution in [0.4, 0.5) is 0 Å². The van der Waals surface area contributed by atoms with Gasteiger partial charge in [-0.3, -0.25) is 4.90 Å². The molecule has 2 saturated heterocycles. The van der Waals surface area contributed by atoms with E-state index in [2.05, 4.69) is 49.1 Å². The van der Waals surface area contributed by atoms with Crippen molar-refractivity contribution in [1.29, 1.82) is 0 Å². The van der Waals surface area contributed by atoms with E-state index >= 15 is 0 Å². The SMILES string of the molecule is CCCCCC1C(C)C(c2ccccc2)CN2CCCC12. The third kappa shape index (κ3) is 3.18. The monoisotopic (exact) mass is 285 g/mol. The Morgan fingerprint density at radius 1 is 1.14 bits per heavy atom. The molecule has 4 unspecified atom stereocenters. The van der Waals surface area contributed by atoms with E-state index < -0.39 is 0 Å². The topological polar surface area (TPSA) is 3.24 Å². The molecule has 0 aliphatic carbocycles. The highest BCUT2D eigenvalue weighted by Crippen LogP contribution is 2.44. The Hall–Kier alpha value is -0.820. The number of nitrogens with zero attached hydrogens (tertiary/aromatic N) is 1. The summed E-state index contributed by atoms with van der Waals surface area (Å²) in [5.41, 5.74) is 1.57. The Morgan fingerprint density at radius 2 is 1.95 bits per heavy atom. The molecule has 2 aliphatic rings. The number of benzene rings is 1. The number of hydrogen-bond acceptors (Lipinski definition) is 1. The molecular weight excluding hydrogens is 254 g/mol. The maximum atomic E-state index is 2.81. The Balaban J connectivity index is 1.77. The molecule has 1 aromatic rings. The minimum Gasteiger partial charge on any atom is -0.299 e. The van der Waals surface area contributed by atoms with Crippen LogP contribution in [0, 0.1) is 11.8 Å². The summed E-state index contributed by atoms with van der Waals surface area (Å²) in [4.78, 5) is 2.81. The average molecular weight is 285 g/mol. The second kappa shape index (κ2) is 6.96. The van der Waals surface area contributed by atoms with Gasteiger partial charge in [-0.1, -0.05) is 63.4 Å². The quantitative estimate of drug-likeness (QED) is 0.682. The number of hydrogen-bond donors (Lipinski definition) is 0. The lowest BCUT2D eigenvalue weighted by Crippen LogP contribution is -2.48. The smallest absolute Gasteiger partial charge is 0.0127 e. The van der Waals surface area contributed by atoms with E-state index in [1.165, 1.54) is 51.6 Å². The first-order chi connectivity index (χ1) is 10.3. The molecule has 0 aromatic heterocycles. The van der Waals surface area contributed by atoms with E-state index in [0.717, 1.165) is 23.8 Å². The van der Waals surface area contributed by atoms with Crippen LogP contribution in [0.2, 0.25) is 0 Å². The second-order valence-corrected chi connectivity index (χ2v) is 7.24. The van der Waals surface area contributed by atoms with Gasteiger partial charge in [0.2, 0.25) is 0 Å². The maximum absolute atomic E-state index is 2.81. The van der Waals surface area contributed by atoms with Crippen LogP contribution in [0.3, 0.4) is 0 Å². The van der Waals surface area contributed by atoms with Crippen LogP contribution >= 0.6 is 0 Å². The van der Waals surface area contributed by atoms with Crippen molar-refractivity contribution in [2.45, 2.75) is 64.3 Å². The first-order valence-electron chi connectivity index (χ1n) is 9.10. The molecule has 0 radical (unpaired) electrons. The molecule has 3 rings (SSSR count). The van der Waals surface area contributed by atoms with E-state index in [9.17, 15) is 0 Å². The first kappa shape index (κ1) is 15.1. The Bertz CT molecular complexity index is 427. The van der Waals surface area contributed by atoms with Crippen LogP contribution in [0.1, 0.15) is 63.9 Å². The van der Waals surface area contributed by atoms with E-state index in [4.69, 9.17) is 0 Å². The zero-order valence-corrected chi connectivity index (χ0v) is 13.8. The van der Waals surface area contributed by atoms with Crippen LogP contribution in [0.15, 0.2) is 30.3 Å². The van der Waals surface area contributed by atoms with Gasteiger partial charge in [0.15, 0.2) is 0 Å². The molecule has 116 valence electrons. The van der Waals surface area contributed by atoms with Crippen molar-refractivity contribution in [3.8, 4) is 0 Å². The Labute approximate surface area is 130 Å². The van der Waals surface area contributed by atoms with Gasteiger partial charge in [0, 0.05) is 12.6 Å². The predicted octanol–water partition coefficient (Wildman–Crippen LogP) is 5.08. The normalized spacial score (nSPS) is 33.0. The number of fused-ring (bicyclic) bond motifs is 1. The number of unbranched alkanes of at least 4 members (excludes halogenated alkanes) is 2. The van der Waals surface area contributed by atoms with E-state index in [-0.39, 0.29) is 0 Å². The molecule has 0 bridgehead atoms. The van der Waals surface area contributed by atoms with Crippen molar-refractivity contribution in [1.82, 2.24) is 4.90 Å². The van der Waals surface area contributed by atoms with Gasteiger partial charge in [0.05, 0.1) is 0 Å². The predicted molar refractivity (Wildman–Crippen MR) is 90.6 cm³/mol. The Morgan fingerprint density at radius 3 is 2.71 bits per heavy atom. The van der Waals surface area contributed by atoms with E-state index in [1.807, 2.05) is 0 Å². The molecule has 2 heterocycles. The first-order valence-corrected chi connectivity index (χ1v) is 9.10. The van der Waals surface area contributed by atoms with Crippen LogP contribution in [0.5, 0.6) is 0 Å². The van der Waals surface area contributed by atoms with Gasteiger partial charge < -0.3 is 0 Å². The fourth-order valence-corrected chi connectivity index (χ4v) is 4.83. The van der Waals surface area contributed by atoms with E-state index in [1.54, 1.807) is 5.56 Å². The van der Waals surface area contributed by atoms with Gasteiger partial charge in [-0.2, -0.15) is 0 Å². The maximum Gasteiger partial charge on any atom is 0.0127 e. The van der Waals surface area contributed by atoms with E-state index in [0.29, 0.717) is 0 Å². The largest absolute Gasteiger partial charge is 0.299 e. The summed E-state index contributed by atoms with van der Waals surface area (Å²) in [6, 6.07) is 12.2.